The van der Waals surface area contributed by atoms with Crippen LogP contribution in [0.1, 0.15) is 19.4 Å². The Morgan fingerprint density at radius 3 is 2.38 bits per heavy atom. The first kappa shape index (κ1) is 18.0. The van der Waals surface area contributed by atoms with Crippen LogP contribution in [0.2, 0.25) is 0 Å². The molecule has 0 saturated heterocycles. The molecule has 1 rings (SSSR count). The quantitative estimate of drug-likeness (QED) is 0.715. The number of hydrogen-bond acceptors (Lipinski definition) is 4. The Bertz CT molecular complexity index is 378. The van der Waals surface area contributed by atoms with Crippen molar-refractivity contribution >= 4 is 0 Å². The van der Waals surface area contributed by atoms with E-state index in [0.717, 1.165) is 38.4 Å². The molecule has 0 heterocycles. The van der Waals surface area contributed by atoms with Crippen LogP contribution in [0.5, 0.6) is 5.75 Å². The molecular weight excluding hydrogens is 262 g/mol. The van der Waals surface area contributed by atoms with Crippen LogP contribution in [0.3, 0.4) is 0 Å². The predicted octanol–water partition coefficient (Wildman–Crippen LogP) is 1.84. The maximum absolute atomic E-state index is 5.84. The summed E-state index contributed by atoms with van der Waals surface area (Å²) in [5.74, 6) is 0.937. The first-order chi connectivity index (χ1) is 10.1. The topological polar surface area (TPSA) is 41.7 Å². The molecule has 2 N–H and O–H groups in total. The van der Waals surface area contributed by atoms with Gasteiger partial charge in [0.2, 0.25) is 0 Å². The van der Waals surface area contributed by atoms with Crippen molar-refractivity contribution < 1.29 is 4.74 Å². The minimum atomic E-state index is 0.542. The van der Waals surface area contributed by atoms with Gasteiger partial charge in [-0.3, -0.25) is 4.90 Å². The van der Waals surface area contributed by atoms with Gasteiger partial charge in [0.15, 0.2) is 0 Å². The van der Waals surface area contributed by atoms with Crippen molar-refractivity contribution in [1.29, 1.82) is 0 Å². The zero-order valence-electron chi connectivity index (χ0n) is 14.0. The average molecular weight is 293 g/mol. The van der Waals surface area contributed by atoms with Gasteiger partial charge in [-0.05, 0) is 58.2 Å². The SMILES string of the molecule is CCN(CCOc1ccc(CCN)cc1)C(C)CN(C)C. The Labute approximate surface area is 129 Å². The third-order valence-corrected chi connectivity index (χ3v) is 3.66. The fraction of sp³-hybridized carbons (Fsp3) is 0.647. The molecule has 0 saturated carbocycles. The first-order valence-electron chi connectivity index (χ1n) is 7.87. The number of nitrogens with two attached hydrogens (primary N) is 1. The third-order valence-electron chi connectivity index (χ3n) is 3.66. The second-order valence-corrected chi connectivity index (χ2v) is 5.77. The molecule has 0 spiro atoms. The highest BCUT2D eigenvalue weighted by molar-refractivity contribution is 5.27. The van der Waals surface area contributed by atoms with Crippen LogP contribution < -0.4 is 10.5 Å². The fourth-order valence-electron chi connectivity index (χ4n) is 2.53. The van der Waals surface area contributed by atoms with Crippen molar-refractivity contribution in [1.82, 2.24) is 9.80 Å². The zero-order chi connectivity index (χ0) is 15.7. The maximum Gasteiger partial charge on any atom is 0.119 e. The number of rotatable bonds is 10. The Hall–Kier alpha value is -1.10. The van der Waals surface area contributed by atoms with Gasteiger partial charge in [0, 0.05) is 19.1 Å². The molecule has 1 aromatic rings. The standard InChI is InChI=1S/C17H31N3O/c1-5-20(15(2)14-19(3)4)12-13-21-17-8-6-16(7-9-17)10-11-18/h6-9,15H,5,10-14,18H2,1-4H3. The number of likely N-dealkylation sites (N-methyl/N-ethyl adjacent to an activating group) is 2. The first-order valence-corrected chi connectivity index (χ1v) is 7.87. The molecule has 120 valence electrons. The summed E-state index contributed by atoms with van der Waals surface area (Å²) in [6.07, 6.45) is 0.923. The van der Waals surface area contributed by atoms with Gasteiger partial charge in [-0.15, -0.1) is 0 Å². The van der Waals surface area contributed by atoms with Gasteiger partial charge in [-0.1, -0.05) is 19.1 Å². The summed E-state index contributed by atoms with van der Waals surface area (Å²) in [6.45, 7) is 8.96. The summed E-state index contributed by atoms with van der Waals surface area (Å²) in [6, 6.07) is 8.79. The minimum Gasteiger partial charge on any atom is -0.492 e. The predicted molar refractivity (Wildman–Crippen MR) is 90.0 cm³/mol. The summed E-state index contributed by atoms with van der Waals surface area (Å²) in [5.41, 5.74) is 6.81. The van der Waals surface area contributed by atoms with Crippen LogP contribution in [-0.4, -0.2) is 62.7 Å². The molecule has 4 heteroatoms. The van der Waals surface area contributed by atoms with E-state index in [-0.39, 0.29) is 0 Å². The van der Waals surface area contributed by atoms with Gasteiger partial charge in [0.05, 0.1) is 0 Å². The van der Waals surface area contributed by atoms with E-state index in [9.17, 15) is 0 Å². The monoisotopic (exact) mass is 293 g/mol. The van der Waals surface area contributed by atoms with E-state index in [1.165, 1.54) is 5.56 Å². The molecule has 1 atom stereocenters. The fourth-order valence-corrected chi connectivity index (χ4v) is 2.53. The van der Waals surface area contributed by atoms with Gasteiger partial charge < -0.3 is 15.4 Å². The summed E-state index contributed by atoms with van der Waals surface area (Å²) >= 11 is 0. The van der Waals surface area contributed by atoms with Crippen molar-refractivity contribution in [2.75, 3.05) is 46.9 Å². The van der Waals surface area contributed by atoms with E-state index < -0.39 is 0 Å². The molecule has 0 aromatic heterocycles. The second-order valence-electron chi connectivity index (χ2n) is 5.77. The lowest BCUT2D eigenvalue weighted by Gasteiger charge is -2.29. The lowest BCUT2D eigenvalue weighted by atomic mass is 10.1. The molecule has 0 bridgehead atoms. The lowest BCUT2D eigenvalue weighted by Crippen LogP contribution is -2.41. The molecule has 4 nitrogen and oxygen atoms in total. The van der Waals surface area contributed by atoms with Crippen LogP contribution in [0, 0.1) is 0 Å². The Morgan fingerprint density at radius 1 is 1.19 bits per heavy atom. The van der Waals surface area contributed by atoms with E-state index >= 15 is 0 Å². The molecule has 1 aromatic carbocycles. The molecule has 0 aliphatic heterocycles. The van der Waals surface area contributed by atoms with E-state index in [1.54, 1.807) is 0 Å². The average Bonchev–Trinajstić information content (AvgIpc) is 2.45. The van der Waals surface area contributed by atoms with E-state index in [2.05, 4.69) is 49.9 Å². The van der Waals surface area contributed by atoms with Crippen LogP contribution in [-0.2, 0) is 6.42 Å². The van der Waals surface area contributed by atoms with Crippen LogP contribution >= 0.6 is 0 Å². The largest absolute Gasteiger partial charge is 0.492 e. The van der Waals surface area contributed by atoms with Gasteiger partial charge in [-0.2, -0.15) is 0 Å². The highest BCUT2D eigenvalue weighted by atomic mass is 16.5. The molecule has 21 heavy (non-hydrogen) atoms. The number of benzene rings is 1. The van der Waals surface area contributed by atoms with E-state index in [1.807, 2.05) is 12.1 Å². The van der Waals surface area contributed by atoms with Crippen molar-refractivity contribution in [3.05, 3.63) is 29.8 Å². The van der Waals surface area contributed by atoms with Crippen molar-refractivity contribution in [2.24, 2.45) is 5.73 Å². The molecular formula is C17H31N3O. The lowest BCUT2D eigenvalue weighted by molar-refractivity contribution is 0.152. The number of ether oxygens (including phenoxy) is 1. The minimum absolute atomic E-state index is 0.542. The van der Waals surface area contributed by atoms with Crippen LogP contribution in [0.15, 0.2) is 24.3 Å². The summed E-state index contributed by atoms with van der Waals surface area (Å²) in [4.78, 5) is 4.67. The second kappa shape index (κ2) is 9.77. The Morgan fingerprint density at radius 2 is 1.86 bits per heavy atom. The van der Waals surface area contributed by atoms with Gasteiger partial charge in [-0.25, -0.2) is 0 Å². The Kier molecular flexibility index (Phi) is 8.35. The number of hydrogen-bond donors (Lipinski definition) is 1. The Balaban J connectivity index is 2.36. The summed E-state index contributed by atoms with van der Waals surface area (Å²) < 4.78 is 5.84. The molecule has 0 aliphatic carbocycles. The van der Waals surface area contributed by atoms with Crippen LogP contribution in [0.25, 0.3) is 0 Å². The number of nitrogens with zero attached hydrogens (tertiary/aromatic N) is 2. The molecule has 0 fully saturated rings. The van der Waals surface area contributed by atoms with Gasteiger partial charge >= 0.3 is 0 Å². The highest BCUT2D eigenvalue weighted by Crippen LogP contribution is 2.12. The van der Waals surface area contributed by atoms with E-state index in [0.29, 0.717) is 12.6 Å². The van der Waals surface area contributed by atoms with Crippen LogP contribution in [0.4, 0.5) is 0 Å². The third kappa shape index (κ3) is 6.93. The summed E-state index contributed by atoms with van der Waals surface area (Å²) in [7, 11) is 4.23. The zero-order valence-corrected chi connectivity index (χ0v) is 14.0. The van der Waals surface area contributed by atoms with Crippen molar-refractivity contribution in [2.45, 2.75) is 26.3 Å². The molecule has 1 unspecified atom stereocenters. The molecule has 0 amide bonds. The van der Waals surface area contributed by atoms with Crippen molar-refractivity contribution in [3.63, 3.8) is 0 Å². The summed E-state index contributed by atoms with van der Waals surface area (Å²) in [5, 5.41) is 0. The highest BCUT2D eigenvalue weighted by Gasteiger charge is 2.12. The molecule has 0 radical (unpaired) electrons. The normalized spacial score (nSPS) is 12.9. The van der Waals surface area contributed by atoms with Gasteiger partial charge in [0.25, 0.3) is 0 Å². The van der Waals surface area contributed by atoms with Gasteiger partial charge in [0.1, 0.15) is 12.4 Å². The molecule has 0 aliphatic rings. The van der Waals surface area contributed by atoms with Crippen molar-refractivity contribution in [3.8, 4) is 5.75 Å². The van der Waals surface area contributed by atoms with E-state index in [4.69, 9.17) is 10.5 Å². The maximum atomic E-state index is 5.84. The smallest absolute Gasteiger partial charge is 0.119 e.